The van der Waals surface area contributed by atoms with Crippen LogP contribution in [0.4, 0.5) is 0 Å². The van der Waals surface area contributed by atoms with Gasteiger partial charge in [-0.1, -0.05) is 28.8 Å². The summed E-state index contributed by atoms with van der Waals surface area (Å²) in [4.78, 5) is 4.24. The monoisotopic (exact) mass is 1130 g/mol. The molecule has 0 N–H and O–H groups in total. The number of rotatable bonds is 8. The molecule has 0 fully saturated rings. The summed E-state index contributed by atoms with van der Waals surface area (Å²) < 4.78 is 4.70. The Balaban J connectivity index is -0.0000000145. The Labute approximate surface area is 379 Å². The fourth-order valence-electron chi connectivity index (χ4n) is 0.554. The number of ether oxygens (including phenoxy) is 1. The van der Waals surface area contributed by atoms with Gasteiger partial charge in [0.05, 0.1) is 0 Å². The first kappa shape index (κ1) is 77.9. The number of halogens is 2. The van der Waals surface area contributed by atoms with E-state index in [4.69, 9.17) is 4.74 Å². The maximum absolute atomic E-state index is 4.70. The predicted molar refractivity (Wildman–Crippen MR) is 131 cm³/mol. The molecule has 6 unspecified atom stereocenters. The molecule has 0 aromatic rings. The summed E-state index contributed by atoms with van der Waals surface area (Å²) in [6, 6.07) is 0. The van der Waals surface area contributed by atoms with Gasteiger partial charge >= 0.3 is 50.4 Å². The second-order valence-corrected chi connectivity index (χ2v) is 6.10. The van der Waals surface area contributed by atoms with Gasteiger partial charge in [-0.15, -0.1) is 37.0 Å². The molecule has 3 nitrogen and oxygen atoms in total. The van der Waals surface area contributed by atoms with Gasteiger partial charge in [0.2, 0.25) is 0 Å². The third kappa shape index (κ3) is 97.9. The number of hydrogen-bond acceptors (Lipinski definition) is 3. The van der Waals surface area contributed by atoms with Crippen LogP contribution < -0.4 is 0 Å². The van der Waals surface area contributed by atoms with E-state index in [0.717, 1.165) is 46.4 Å². The summed E-state index contributed by atoms with van der Waals surface area (Å²) in [5.41, 5.74) is 0. The summed E-state index contributed by atoms with van der Waals surface area (Å²) in [5, 5.41) is 0. The van der Waals surface area contributed by atoms with Crippen molar-refractivity contribution in [3.8, 4) is 0 Å². The SMILES string of the molecule is CCC.P.[CH2-]N(CP)CP.[CH2-]OCPCN(CP)CP.[Cl][Cu+].[Cl][Cu+].[Y].[Y].[Y].[Y].[Y].[Y]. The molecular weight excluding hydrogens is 1090 g/mol. The molecule has 19 heteroatoms. The summed E-state index contributed by atoms with van der Waals surface area (Å²) in [7, 11) is 26.8. The molecule has 0 aliphatic rings. The summed E-state index contributed by atoms with van der Waals surface area (Å²) in [5.74, 6) is 0. The van der Waals surface area contributed by atoms with E-state index in [1.807, 2.05) is 4.90 Å². The molecule has 0 aliphatic carbocycles. The second kappa shape index (κ2) is 90.0. The first-order valence-electron chi connectivity index (χ1n) is 6.46. The van der Waals surface area contributed by atoms with E-state index < -0.39 is 0 Å². The maximum atomic E-state index is 4.70. The molecule has 0 spiro atoms. The Morgan fingerprint density at radius 2 is 1.07 bits per heavy atom. The summed E-state index contributed by atoms with van der Waals surface area (Å²) in [6.45, 7) is 4.25. The van der Waals surface area contributed by atoms with Gasteiger partial charge in [0.25, 0.3) is 0 Å². The molecular formula is C11H36Cl2Cu2N2OP6Y6. The minimum absolute atomic E-state index is 0. The quantitative estimate of drug-likeness (QED) is 0.149. The van der Waals surface area contributed by atoms with Crippen LogP contribution in [0, 0.1) is 14.2 Å². The van der Waals surface area contributed by atoms with Crippen LogP contribution in [-0.4, -0.2) is 47.6 Å². The van der Waals surface area contributed by atoms with Crippen molar-refractivity contribution < 1.29 is 231 Å². The minimum atomic E-state index is 0. The molecule has 0 aromatic heterocycles. The molecule has 0 rings (SSSR count). The van der Waals surface area contributed by atoms with E-state index in [1.165, 1.54) is 6.42 Å². The zero-order chi connectivity index (χ0) is 19.5. The van der Waals surface area contributed by atoms with Gasteiger partial charge in [0, 0.05) is 221 Å². The van der Waals surface area contributed by atoms with Crippen molar-refractivity contribution in [2.45, 2.75) is 20.3 Å². The first-order valence-corrected chi connectivity index (χ1v) is 13.7. The van der Waals surface area contributed by atoms with Gasteiger partial charge < -0.3 is 9.64 Å². The topological polar surface area (TPSA) is 15.7 Å². The molecule has 0 saturated heterocycles. The van der Waals surface area contributed by atoms with Gasteiger partial charge in [-0.25, -0.2) is 7.11 Å². The molecule has 6 atom stereocenters. The van der Waals surface area contributed by atoms with E-state index in [0.29, 0.717) is 0 Å². The molecule has 0 aliphatic heterocycles. The van der Waals surface area contributed by atoms with Crippen LogP contribution in [-0.2, 0) is 231 Å². The molecule has 0 aromatic carbocycles. The van der Waals surface area contributed by atoms with Gasteiger partial charge in [-0.2, -0.15) is 9.90 Å². The zero-order valence-electron chi connectivity index (χ0n) is 18.0. The largest absolute Gasteiger partial charge is 0 e. The van der Waals surface area contributed by atoms with E-state index in [1.54, 1.807) is 0 Å². The van der Waals surface area contributed by atoms with E-state index in [2.05, 4.69) is 120 Å². The van der Waals surface area contributed by atoms with Crippen LogP contribution in [0.3, 0.4) is 0 Å². The zero-order valence-corrected chi connectivity index (χ0v) is 45.5. The summed E-state index contributed by atoms with van der Waals surface area (Å²) >= 11 is 7.32. The Morgan fingerprint density at radius 3 is 1.20 bits per heavy atom. The van der Waals surface area contributed by atoms with Gasteiger partial charge in [0.15, 0.2) is 0 Å². The standard InChI is InChI=1S/C5H15NOP3.C3H10NP2.C3H8.2ClH.2Cu.H3P.6Y/c1-7-5-10-4-6(2-8)3-9;1-4(2-5)3-6;1-3-2;;;;;;;;;;;/h10H,1-5,8-9H2;1-3,5-6H2;3H2,1-2H3;2*1H;;;1H3;;;;;;/q2*-1;;;;2*+2;;;;;;;/p-2. The molecule has 6 radical (unpaired) electrons. The summed E-state index contributed by atoms with van der Waals surface area (Å²) in [6.07, 6.45) is 7.11. The predicted octanol–water partition coefficient (Wildman–Crippen LogP) is 4.93. The second-order valence-electron chi connectivity index (χ2n) is 3.54. The first-order chi connectivity index (χ1) is 11.1. The normalized spacial score (nSPS) is 7.07. The molecule has 0 heterocycles. The smallest absolute Gasteiger partial charge is 0 e. The molecule has 0 saturated carbocycles. The van der Waals surface area contributed by atoms with Crippen LogP contribution in [0.25, 0.3) is 0 Å². The van der Waals surface area contributed by atoms with Crippen LogP contribution in [0.1, 0.15) is 20.3 Å². The van der Waals surface area contributed by atoms with Crippen molar-refractivity contribution in [2.75, 3.05) is 37.8 Å². The fourth-order valence-corrected chi connectivity index (χ4v) is 3.33. The Bertz CT molecular complexity index is 181. The molecule has 30 heavy (non-hydrogen) atoms. The third-order valence-electron chi connectivity index (χ3n) is 1.57. The van der Waals surface area contributed by atoms with Crippen LogP contribution in [0.15, 0.2) is 0 Å². The van der Waals surface area contributed by atoms with Crippen LogP contribution in [0.5, 0.6) is 0 Å². The van der Waals surface area contributed by atoms with Crippen molar-refractivity contribution in [1.29, 1.82) is 0 Å². The van der Waals surface area contributed by atoms with E-state index in [-0.39, 0.29) is 206 Å². The van der Waals surface area contributed by atoms with E-state index >= 15 is 0 Å². The van der Waals surface area contributed by atoms with Crippen molar-refractivity contribution in [1.82, 2.24) is 9.80 Å². The average Bonchev–Trinajstić information content (AvgIpc) is 2.63. The van der Waals surface area contributed by atoms with Gasteiger partial charge in [-0.3, -0.25) is 11.9 Å². The van der Waals surface area contributed by atoms with Gasteiger partial charge in [-0.05, 0) is 12.6 Å². The third-order valence-corrected chi connectivity index (χ3v) is 4.72. The molecule has 180 valence electrons. The molecule has 0 amide bonds. The van der Waals surface area contributed by atoms with Gasteiger partial charge in [0.1, 0.15) is 0 Å². The number of hydrogen-bond donors (Lipinski definition) is 0. The average molecular weight is 1130 g/mol. The maximum Gasteiger partial charge on any atom is 0 e. The Hall–Kier alpha value is 10.7. The van der Waals surface area contributed by atoms with Crippen LogP contribution >= 0.6 is 75.6 Å². The van der Waals surface area contributed by atoms with Crippen LogP contribution in [0.2, 0.25) is 0 Å². The van der Waals surface area contributed by atoms with E-state index in [9.17, 15) is 0 Å². The Morgan fingerprint density at radius 1 is 0.800 bits per heavy atom. The number of nitrogens with zero attached hydrogens (tertiary/aromatic N) is 2. The van der Waals surface area contributed by atoms with Crippen molar-refractivity contribution in [2.24, 2.45) is 0 Å². The van der Waals surface area contributed by atoms with Crippen molar-refractivity contribution in [3.05, 3.63) is 14.2 Å². The van der Waals surface area contributed by atoms with Crippen molar-refractivity contribution >= 4 is 75.6 Å². The fraction of sp³-hybridized carbons (Fsp3) is 0.818. The molecule has 0 bridgehead atoms. The van der Waals surface area contributed by atoms with Crippen molar-refractivity contribution in [3.63, 3.8) is 0 Å². The minimum Gasteiger partial charge on any atom is 0 e. The Kier molecular flexibility index (Phi) is 234.